The van der Waals surface area contributed by atoms with Crippen molar-refractivity contribution in [1.82, 2.24) is 15.1 Å². The van der Waals surface area contributed by atoms with Crippen LogP contribution < -0.4 is 5.32 Å². The first-order valence-electron chi connectivity index (χ1n) is 7.60. The van der Waals surface area contributed by atoms with Crippen LogP contribution in [0.25, 0.3) is 0 Å². The van der Waals surface area contributed by atoms with Crippen molar-refractivity contribution in [3.8, 4) is 0 Å². The number of benzene rings is 1. The molecule has 0 amide bonds. The molecule has 1 fully saturated rings. The molecule has 1 aromatic carbocycles. The van der Waals surface area contributed by atoms with E-state index in [-0.39, 0.29) is 12.1 Å². The summed E-state index contributed by atoms with van der Waals surface area (Å²) in [6, 6.07) is 4.49. The summed E-state index contributed by atoms with van der Waals surface area (Å²) >= 11 is 0. The van der Waals surface area contributed by atoms with Gasteiger partial charge in [-0.05, 0) is 44.8 Å². The molecule has 0 bridgehead atoms. The van der Waals surface area contributed by atoms with Gasteiger partial charge in [-0.3, -0.25) is 4.90 Å². The average molecular weight is 297 g/mol. The number of nitrogens with one attached hydrogen (secondary N) is 1. The van der Waals surface area contributed by atoms with Crippen LogP contribution in [0.3, 0.4) is 0 Å². The number of hydrogen-bond donors (Lipinski definition) is 1. The fraction of sp³-hybridized carbons (Fsp3) is 0.625. The minimum atomic E-state index is -0.790. The van der Waals surface area contributed by atoms with Crippen LogP contribution in [0.4, 0.5) is 8.78 Å². The standard InChI is InChI=1S/C16H25F2N3/c1-4-7-19-16(12-5-6-13(17)14(18)10-12)15-11-20(2)8-9-21(15)3/h5-6,10,15-16,19H,4,7-9,11H2,1-3H3. The van der Waals surface area contributed by atoms with Crippen LogP contribution in [0, 0.1) is 11.6 Å². The van der Waals surface area contributed by atoms with Crippen molar-refractivity contribution in [3.05, 3.63) is 35.4 Å². The quantitative estimate of drug-likeness (QED) is 0.899. The highest BCUT2D eigenvalue weighted by molar-refractivity contribution is 5.23. The Morgan fingerprint density at radius 1 is 1.24 bits per heavy atom. The number of piperazine rings is 1. The highest BCUT2D eigenvalue weighted by Gasteiger charge is 2.30. The zero-order valence-corrected chi connectivity index (χ0v) is 13.1. The largest absolute Gasteiger partial charge is 0.309 e. The van der Waals surface area contributed by atoms with Gasteiger partial charge >= 0.3 is 0 Å². The van der Waals surface area contributed by atoms with E-state index >= 15 is 0 Å². The Balaban J connectivity index is 2.25. The molecule has 0 radical (unpaired) electrons. The molecule has 5 heteroatoms. The Kier molecular flexibility index (Phi) is 5.67. The van der Waals surface area contributed by atoms with Gasteiger partial charge in [0.25, 0.3) is 0 Å². The highest BCUT2D eigenvalue weighted by atomic mass is 19.2. The smallest absolute Gasteiger partial charge is 0.159 e. The lowest BCUT2D eigenvalue weighted by Crippen LogP contribution is -2.55. The first-order valence-corrected chi connectivity index (χ1v) is 7.60. The average Bonchev–Trinajstić information content (AvgIpc) is 2.46. The Labute approximate surface area is 125 Å². The Morgan fingerprint density at radius 2 is 2.00 bits per heavy atom. The summed E-state index contributed by atoms with van der Waals surface area (Å²) in [4.78, 5) is 4.58. The zero-order valence-electron chi connectivity index (χ0n) is 13.1. The molecule has 0 aromatic heterocycles. The van der Waals surface area contributed by atoms with Crippen molar-refractivity contribution < 1.29 is 8.78 Å². The van der Waals surface area contributed by atoms with Crippen LogP contribution in [0.5, 0.6) is 0 Å². The summed E-state index contributed by atoms with van der Waals surface area (Å²) in [5, 5.41) is 3.50. The molecule has 1 saturated heterocycles. The molecular weight excluding hydrogens is 272 g/mol. The highest BCUT2D eigenvalue weighted by Crippen LogP contribution is 2.24. The van der Waals surface area contributed by atoms with Crippen molar-refractivity contribution >= 4 is 0 Å². The molecule has 2 atom stereocenters. The van der Waals surface area contributed by atoms with Crippen LogP contribution in [0.2, 0.25) is 0 Å². The van der Waals surface area contributed by atoms with Crippen molar-refractivity contribution in [2.75, 3.05) is 40.3 Å². The van der Waals surface area contributed by atoms with E-state index in [1.54, 1.807) is 6.07 Å². The Bertz CT molecular complexity index is 467. The summed E-state index contributed by atoms with van der Waals surface area (Å²) in [6.07, 6.45) is 1.01. The van der Waals surface area contributed by atoms with Gasteiger partial charge < -0.3 is 10.2 Å². The molecule has 1 aliphatic rings. The van der Waals surface area contributed by atoms with Crippen LogP contribution in [-0.4, -0.2) is 56.1 Å². The molecule has 3 nitrogen and oxygen atoms in total. The second kappa shape index (κ2) is 7.29. The Morgan fingerprint density at radius 3 is 2.67 bits per heavy atom. The van der Waals surface area contributed by atoms with Gasteiger partial charge in [0.1, 0.15) is 0 Å². The molecule has 1 N–H and O–H groups in total. The maximum Gasteiger partial charge on any atom is 0.159 e. The maximum atomic E-state index is 13.6. The fourth-order valence-electron chi connectivity index (χ4n) is 2.89. The summed E-state index contributed by atoms with van der Waals surface area (Å²) in [6.45, 7) is 5.89. The lowest BCUT2D eigenvalue weighted by atomic mass is 9.96. The van der Waals surface area contributed by atoms with Crippen LogP contribution in [0.15, 0.2) is 18.2 Å². The van der Waals surface area contributed by atoms with Gasteiger partial charge in [-0.25, -0.2) is 8.78 Å². The Hall–Kier alpha value is -1.04. The van der Waals surface area contributed by atoms with Crippen molar-refractivity contribution in [2.24, 2.45) is 0 Å². The molecule has 0 aliphatic carbocycles. The van der Waals surface area contributed by atoms with Crippen molar-refractivity contribution in [3.63, 3.8) is 0 Å². The molecular formula is C16H25F2N3. The van der Waals surface area contributed by atoms with Gasteiger partial charge in [0.05, 0.1) is 0 Å². The fourth-order valence-corrected chi connectivity index (χ4v) is 2.89. The molecule has 2 rings (SSSR count). The lowest BCUT2D eigenvalue weighted by molar-refractivity contribution is 0.0875. The van der Waals surface area contributed by atoms with E-state index in [4.69, 9.17) is 0 Å². The van der Waals surface area contributed by atoms with E-state index in [0.717, 1.165) is 38.2 Å². The molecule has 0 spiro atoms. The topological polar surface area (TPSA) is 18.5 Å². The van der Waals surface area contributed by atoms with E-state index in [1.165, 1.54) is 12.1 Å². The molecule has 1 aromatic rings. The van der Waals surface area contributed by atoms with Gasteiger partial charge in [-0.2, -0.15) is 0 Å². The molecule has 118 valence electrons. The molecule has 1 aliphatic heterocycles. The van der Waals surface area contributed by atoms with E-state index in [9.17, 15) is 8.78 Å². The van der Waals surface area contributed by atoms with Crippen molar-refractivity contribution in [1.29, 1.82) is 0 Å². The third kappa shape index (κ3) is 3.99. The second-order valence-electron chi connectivity index (χ2n) is 5.92. The van der Waals surface area contributed by atoms with E-state index < -0.39 is 11.6 Å². The summed E-state index contributed by atoms with van der Waals surface area (Å²) < 4.78 is 26.8. The van der Waals surface area contributed by atoms with E-state index in [0.29, 0.717) is 0 Å². The number of halogens is 2. The van der Waals surface area contributed by atoms with E-state index in [2.05, 4.69) is 36.1 Å². The predicted molar refractivity (Wildman–Crippen MR) is 81.3 cm³/mol. The number of nitrogens with zero attached hydrogens (tertiary/aromatic N) is 2. The second-order valence-corrected chi connectivity index (χ2v) is 5.92. The van der Waals surface area contributed by atoms with Gasteiger partial charge in [0.2, 0.25) is 0 Å². The molecule has 0 saturated carbocycles. The number of hydrogen-bond acceptors (Lipinski definition) is 3. The van der Waals surface area contributed by atoms with Gasteiger partial charge in [-0.1, -0.05) is 13.0 Å². The monoisotopic (exact) mass is 297 g/mol. The number of rotatable bonds is 5. The van der Waals surface area contributed by atoms with Gasteiger partial charge in [-0.15, -0.1) is 0 Å². The summed E-state index contributed by atoms with van der Waals surface area (Å²) in [5.74, 6) is -1.57. The lowest BCUT2D eigenvalue weighted by Gasteiger charge is -2.42. The minimum Gasteiger partial charge on any atom is -0.309 e. The zero-order chi connectivity index (χ0) is 15.4. The third-order valence-corrected chi connectivity index (χ3v) is 4.20. The molecule has 1 heterocycles. The first kappa shape index (κ1) is 16.3. The van der Waals surface area contributed by atoms with Crippen molar-refractivity contribution in [2.45, 2.75) is 25.4 Å². The van der Waals surface area contributed by atoms with E-state index in [1.807, 2.05) is 0 Å². The normalized spacial score (nSPS) is 22.4. The van der Waals surface area contributed by atoms with Gasteiger partial charge in [0, 0.05) is 31.7 Å². The maximum absolute atomic E-state index is 13.6. The molecule has 2 unspecified atom stereocenters. The van der Waals surface area contributed by atoms with Crippen LogP contribution in [0.1, 0.15) is 24.9 Å². The minimum absolute atomic E-state index is 0.00722. The molecule has 21 heavy (non-hydrogen) atoms. The summed E-state index contributed by atoms with van der Waals surface area (Å²) in [7, 11) is 4.19. The van der Waals surface area contributed by atoms with Crippen LogP contribution >= 0.6 is 0 Å². The first-order chi connectivity index (χ1) is 10.0. The SMILES string of the molecule is CCCNC(c1ccc(F)c(F)c1)C1CN(C)CCN1C. The van der Waals surface area contributed by atoms with Crippen LogP contribution in [-0.2, 0) is 0 Å². The summed E-state index contributed by atoms with van der Waals surface area (Å²) in [5.41, 5.74) is 0.814. The number of likely N-dealkylation sites (N-methyl/N-ethyl adjacent to an activating group) is 2. The van der Waals surface area contributed by atoms with Gasteiger partial charge in [0.15, 0.2) is 11.6 Å². The third-order valence-electron chi connectivity index (χ3n) is 4.20. The predicted octanol–water partition coefficient (Wildman–Crippen LogP) is 2.25.